The minimum Gasteiger partial charge on any atom is -0.412 e. The average Bonchev–Trinajstić information content (AvgIpc) is 2.04. The molecular formula is C8H14N4O. The minimum atomic E-state index is 0. The molecule has 72 valence electrons. The molecule has 0 bridgehead atoms. The van der Waals surface area contributed by atoms with Crippen molar-refractivity contribution in [2.75, 3.05) is 11.5 Å². The maximum Gasteiger partial charge on any atom is 0.222 e. The van der Waals surface area contributed by atoms with E-state index in [2.05, 4.69) is 9.97 Å². The lowest BCUT2D eigenvalue weighted by atomic mass is 9.97. The van der Waals surface area contributed by atoms with E-state index in [0.717, 1.165) is 24.1 Å². The van der Waals surface area contributed by atoms with E-state index in [1.165, 1.54) is 12.8 Å². The summed E-state index contributed by atoms with van der Waals surface area (Å²) in [6, 6.07) is 0. The third-order valence-corrected chi connectivity index (χ3v) is 2.23. The first kappa shape index (κ1) is 9.73. The van der Waals surface area contributed by atoms with Crippen molar-refractivity contribution in [3.8, 4) is 0 Å². The average molecular weight is 182 g/mol. The van der Waals surface area contributed by atoms with Crippen LogP contribution in [0.25, 0.3) is 0 Å². The van der Waals surface area contributed by atoms with Crippen LogP contribution in [0.3, 0.4) is 0 Å². The standard InChI is InChI=1S/C8H12N4.H2O/c9-7-5-3-1-2-4-6(5)11-8(10)12-7;/h1-4H2,(H4,9,10,11,12);1H2. The number of hydrogen-bond acceptors (Lipinski definition) is 4. The molecule has 1 aliphatic rings. The highest BCUT2D eigenvalue weighted by Gasteiger charge is 2.14. The van der Waals surface area contributed by atoms with Crippen molar-refractivity contribution in [1.29, 1.82) is 0 Å². The zero-order valence-corrected chi connectivity index (χ0v) is 7.38. The maximum absolute atomic E-state index is 5.71. The fourth-order valence-corrected chi connectivity index (χ4v) is 1.64. The van der Waals surface area contributed by atoms with E-state index in [1.54, 1.807) is 0 Å². The zero-order chi connectivity index (χ0) is 8.55. The Hall–Kier alpha value is -1.36. The fraction of sp³-hybridized carbons (Fsp3) is 0.500. The molecule has 2 rings (SSSR count). The van der Waals surface area contributed by atoms with Crippen LogP contribution in [0.15, 0.2) is 0 Å². The van der Waals surface area contributed by atoms with Gasteiger partial charge in [-0.2, -0.15) is 4.98 Å². The number of fused-ring (bicyclic) bond motifs is 1. The third kappa shape index (κ3) is 1.70. The Bertz CT molecular complexity index is 313. The molecule has 0 saturated carbocycles. The predicted octanol–water partition coefficient (Wildman–Crippen LogP) is -0.305. The van der Waals surface area contributed by atoms with Gasteiger partial charge in [0.1, 0.15) is 5.82 Å². The monoisotopic (exact) mass is 182 g/mol. The molecule has 0 atom stereocenters. The highest BCUT2D eigenvalue weighted by atomic mass is 16.0. The molecule has 0 unspecified atom stereocenters. The summed E-state index contributed by atoms with van der Waals surface area (Å²) in [4.78, 5) is 8.09. The minimum absolute atomic E-state index is 0. The van der Waals surface area contributed by atoms with Crippen molar-refractivity contribution in [2.24, 2.45) is 0 Å². The summed E-state index contributed by atoms with van der Waals surface area (Å²) in [5, 5.41) is 0. The lowest BCUT2D eigenvalue weighted by Gasteiger charge is -2.15. The van der Waals surface area contributed by atoms with Gasteiger partial charge in [-0.3, -0.25) is 0 Å². The van der Waals surface area contributed by atoms with Crippen LogP contribution in [-0.4, -0.2) is 15.4 Å². The molecule has 0 fully saturated rings. The first-order chi connectivity index (χ1) is 5.77. The smallest absolute Gasteiger partial charge is 0.222 e. The molecule has 0 aliphatic heterocycles. The number of nitrogens with zero attached hydrogens (tertiary/aromatic N) is 2. The van der Waals surface area contributed by atoms with Crippen molar-refractivity contribution in [1.82, 2.24) is 9.97 Å². The maximum atomic E-state index is 5.71. The molecule has 1 heterocycles. The van der Waals surface area contributed by atoms with Gasteiger partial charge in [-0.05, 0) is 25.7 Å². The molecule has 6 N–H and O–H groups in total. The van der Waals surface area contributed by atoms with Crippen LogP contribution in [0.1, 0.15) is 24.1 Å². The molecular weight excluding hydrogens is 168 g/mol. The largest absolute Gasteiger partial charge is 0.412 e. The Balaban J connectivity index is 0.000000845. The van der Waals surface area contributed by atoms with Gasteiger partial charge in [-0.15, -0.1) is 0 Å². The van der Waals surface area contributed by atoms with Crippen LogP contribution in [0, 0.1) is 0 Å². The predicted molar refractivity (Wildman–Crippen MR) is 51.1 cm³/mol. The molecule has 0 amide bonds. The van der Waals surface area contributed by atoms with Crippen LogP contribution in [0.4, 0.5) is 11.8 Å². The number of rotatable bonds is 0. The SMILES string of the molecule is Nc1nc(N)c2c(n1)CCCC2.O. The van der Waals surface area contributed by atoms with Gasteiger partial charge in [0.05, 0.1) is 5.69 Å². The number of nitrogens with two attached hydrogens (primary N) is 2. The summed E-state index contributed by atoms with van der Waals surface area (Å²) in [5.74, 6) is 0.866. The molecule has 5 heteroatoms. The van der Waals surface area contributed by atoms with Crippen molar-refractivity contribution in [2.45, 2.75) is 25.7 Å². The molecule has 0 saturated heterocycles. The van der Waals surface area contributed by atoms with Crippen molar-refractivity contribution >= 4 is 11.8 Å². The molecule has 13 heavy (non-hydrogen) atoms. The third-order valence-electron chi connectivity index (χ3n) is 2.23. The molecule has 1 aromatic heterocycles. The van der Waals surface area contributed by atoms with Gasteiger partial charge in [-0.25, -0.2) is 4.98 Å². The summed E-state index contributed by atoms with van der Waals surface area (Å²) < 4.78 is 0. The van der Waals surface area contributed by atoms with Gasteiger partial charge in [0.15, 0.2) is 0 Å². The number of nitrogen functional groups attached to an aromatic ring is 2. The summed E-state index contributed by atoms with van der Waals surface area (Å²) >= 11 is 0. The number of aromatic nitrogens is 2. The Morgan fingerprint density at radius 2 is 1.69 bits per heavy atom. The van der Waals surface area contributed by atoms with E-state index in [-0.39, 0.29) is 5.48 Å². The second kappa shape index (κ2) is 3.57. The van der Waals surface area contributed by atoms with Crippen LogP contribution >= 0.6 is 0 Å². The summed E-state index contributed by atoms with van der Waals surface area (Å²) in [5.41, 5.74) is 13.3. The summed E-state index contributed by atoms with van der Waals surface area (Å²) in [7, 11) is 0. The van der Waals surface area contributed by atoms with Crippen LogP contribution in [0.5, 0.6) is 0 Å². The molecule has 0 radical (unpaired) electrons. The topological polar surface area (TPSA) is 109 Å². The molecule has 1 aromatic rings. The summed E-state index contributed by atoms with van der Waals surface area (Å²) in [6.45, 7) is 0. The number of anilines is 2. The van der Waals surface area contributed by atoms with Crippen molar-refractivity contribution in [3.05, 3.63) is 11.3 Å². The quantitative estimate of drug-likeness (QED) is 0.573. The van der Waals surface area contributed by atoms with E-state index in [4.69, 9.17) is 11.5 Å². The lowest BCUT2D eigenvalue weighted by Crippen LogP contribution is -2.12. The van der Waals surface area contributed by atoms with E-state index < -0.39 is 0 Å². The van der Waals surface area contributed by atoms with Crippen molar-refractivity contribution in [3.63, 3.8) is 0 Å². The van der Waals surface area contributed by atoms with Gasteiger partial charge in [0.25, 0.3) is 0 Å². The Morgan fingerprint density at radius 3 is 2.46 bits per heavy atom. The number of hydrogen-bond donors (Lipinski definition) is 2. The Kier molecular flexibility index (Phi) is 2.67. The van der Waals surface area contributed by atoms with E-state index in [0.29, 0.717) is 11.8 Å². The van der Waals surface area contributed by atoms with Crippen LogP contribution in [0.2, 0.25) is 0 Å². The Labute approximate surface area is 76.5 Å². The van der Waals surface area contributed by atoms with Gasteiger partial charge >= 0.3 is 0 Å². The van der Waals surface area contributed by atoms with Gasteiger partial charge in [-0.1, -0.05) is 0 Å². The van der Waals surface area contributed by atoms with Gasteiger partial charge < -0.3 is 16.9 Å². The van der Waals surface area contributed by atoms with Crippen molar-refractivity contribution < 1.29 is 5.48 Å². The van der Waals surface area contributed by atoms with Gasteiger partial charge in [0.2, 0.25) is 5.95 Å². The van der Waals surface area contributed by atoms with Gasteiger partial charge in [0, 0.05) is 5.56 Å². The second-order valence-corrected chi connectivity index (χ2v) is 3.10. The Morgan fingerprint density at radius 1 is 1.00 bits per heavy atom. The first-order valence-corrected chi connectivity index (χ1v) is 4.18. The highest BCUT2D eigenvalue weighted by molar-refractivity contribution is 5.46. The molecule has 5 nitrogen and oxygen atoms in total. The molecule has 0 spiro atoms. The van der Waals surface area contributed by atoms with E-state index >= 15 is 0 Å². The second-order valence-electron chi connectivity index (χ2n) is 3.10. The number of aryl methyl sites for hydroxylation is 1. The van der Waals surface area contributed by atoms with E-state index in [1.807, 2.05) is 0 Å². The van der Waals surface area contributed by atoms with E-state index in [9.17, 15) is 0 Å². The normalized spacial score (nSPS) is 14.5. The van der Waals surface area contributed by atoms with Crippen LogP contribution < -0.4 is 11.5 Å². The van der Waals surface area contributed by atoms with Crippen LogP contribution in [-0.2, 0) is 12.8 Å². The molecule has 1 aliphatic carbocycles. The molecule has 0 aromatic carbocycles. The zero-order valence-electron chi connectivity index (χ0n) is 7.38. The lowest BCUT2D eigenvalue weighted by molar-refractivity contribution is 0.666. The summed E-state index contributed by atoms with van der Waals surface area (Å²) in [6.07, 6.45) is 4.36. The highest BCUT2D eigenvalue weighted by Crippen LogP contribution is 2.23. The first-order valence-electron chi connectivity index (χ1n) is 4.18. The fourth-order valence-electron chi connectivity index (χ4n) is 1.64.